The Morgan fingerprint density at radius 2 is 1.81 bits per heavy atom. The minimum Gasteiger partial charge on any atom is -0.481 e. The van der Waals surface area contributed by atoms with E-state index in [4.69, 9.17) is 5.11 Å². The highest BCUT2D eigenvalue weighted by atomic mass is 32.2. The average Bonchev–Trinajstić information content (AvgIpc) is 2.26. The summed E-state index contributed by atoms with van der Waals surface area (Å²) in [6, 6.07) is 0. The summed E-state index contributed by atoms with van der Waals surface area (Å²) >= 11 is 1.50. The summed E-state index contributed by atoms with van der Waals surface area (Å²) in [4.78, 5) is 23.8. The fraction of sp³-hybridized carbons (Fsp3) is 0.818. The number of hydrogen-bond acceptors (Lipinski definition) is 3. The molecule has 4 nitrogen and oxygen atoms in total. The van der Waals surface area contributed by atoms with Crippen LogP contribution in [0.2, 0.25) is 0 Å². The predicted octanol–water partition coefficient (Wildman–Crippen LogP) is 1.45. The van der Waals surface area contributed by atoms with Crippen molar-refractivity contribution >= 4 is 23.6 Å². The summed E-state index contributed by atoms with van der Waals surface area (Å²) in [5.74, 6) is -0.216. The highest BCUT2D eigenvalue weighted by molar-refractivity contribution is 8.00. The lowest BCUT2D eigenvalue weighted by molar-refractivity contribution is -0.134. The summed E-state index contributed by atoms with van der Waals surface area (Å²) in [6.07, 6.45) is 3.72. The number of thioether (sulfide) groups is 1. The molecule has 0 unspecified atom stereocenters. The summed E-state index contributed by atoms with van der Waals surface area (Å²) in [5, 5.41) is 8.99. The van der Waals surface area contributed by atoms with Crippen LogP contribution in [0.4, 0.5) is 0 Å². The van der Waals surface area contributed by atoms with Crippen molar-refractivity contribution in [2.24, 2.45) is 5.92 Å². The van der Waals surface area contributed by atoms with Crippen LogP contribution in [-0.2, 0) is 9.59 Å². The lowest BCUT2D eigenvalue weighted by Gasteiger charge is -2.28. The zero-order valence-corrected chi connectivity index (χ0v) is 10.6. The van der Waals surface area contributed by atoms with Crippen molar-refractivity contribution in [2.75, 3.05) is 19.8 Å². The van der Waals surface area contributed by atoms with E-state index in [0.29, 0.717) is 5.25 Å². The Balaban J connectivity index is 2.28. The fourth-order valence-corrected chi connectivity index (χ4v) is 3.01. The third-order valence-electron chi connectivity index (χ3n) is 2.91. The van der Waals surface area contributed by atoms with Gasteiger partial charge in [-0.2, -0.15) is 0 Å². The van der Waals surface area contributed by atoms with Crippen molar-refractivity contribution < 1.29 is 14.7 Å². The van der Waals surface area contributed by atoms with Crippen LogP contribution in [0.1, 0.15) is 25.7 Å². The molecule has 0 bridgehead atoms. The highest BCUT2D eigenvalue weighted by Crippen LogP contribution is 2.32. The Hall–Kier alpha value is -0.710. The van der Waals surface area contributed by atoms with E-state index < -0.39 is 5.97 Å². The lowest BCUT2D eigenvalue weighted by Crippen LogP contribution is -2.32. The molecule has 16 heavy (non-hydrogen) atoms. The first-order valence-electron chi connectivity index (χ1n) is 5.55. The van der Waals surface area contributed by atoms with Gasteiger partial charge < -0.3 is 10.0 Å². The zero-order chi connectivity index (χ0) is 12.1. The number of carboxylic acid groups (broad SMARTS) is 1. The maximum Gasteiger partial charge on any atom is 0.313 e. The molecule has 1 saturated carbocycles. The predicted molar refractivity (Wildman–Crippen MR) is 64.5 cm³/mol. The fourth-order valence-electron chi connectivity index (χ4n) is 2.03. The van der Waals surface area contributed by atoms with Crippen molar-refractivity contribution in [1.82, 2.24) is 4.90 Å². The van der Waals surface area contributed by atoms with E-state index in [1.54, 1.807) is 19.0 Å². The number of carboxylic acids is 1. The van der Waals surface area contributed by atoms with Crippen molar-refractivity contribution in [2.45, 2.75) is 30.9 Å². The molecule has 0 aliphatic heterocycles. The van der Waals surface area contributed by atoms with Gasteiger partial charge >= 0.3 is 5.97 Å². The Kier molecular flexibility index (Phi) is 5.12. The van der Waals surface area contributed by atoms with Gasteiger partial charge in [-0.25, -0.2) is 0 Å². The first kappa shape index (κ1) is 13.4. The number of carbonyl (C=O) groups excluding carboxylic acids is 1. The van der Waals surface area contributed by atoms with Gasteiger partial charge in [-0.1, -0.05) is 0 Å². The summed E-state index contributed by atoms with van der Waals surface area (Å²) < 4.78 is 0. The van der Waals surface area contributed by atoms with Crippen LogP contribution in [0.5, 0.6) is 0 Å². The monoisotopic (exact) mass is 245 g/mol. The Bertz CT molecular complexity index is 260. The minimum atomic E-state index is -0.753. The second kappa shape index (κ2) is 6.13. The third kappa shape index (κ3) is 4.04. The lowest BCUT2D eigenvalue weighted by atomic mass is 9.88. The molecule has 92 valence electrons. The average molecular weight is 245 g/mol. The molecule has 0 aromatic carbocycles. The van der Waals surface area contributed by atoms with Gasteiger partial charge in [0.25, 0.3) is 0 Å². The molecule has 1 aliphatic rings. The van der Waals surface area contributed by atoms with Gasteiger partial charge in [0.05, 0.1) is 5.75 Å². The van der Waals surface area contributed by atoms with Crippen molar-refractivity contribution in [1.29, 1.82) is 0 Å². The summed E-state index contributed by atoms with van der Waals surface area (Å²) in [6.45, 7) is 0. The number of nitrogens with zero attached hydrogens (tertiary/aromatic N) is 1. The molecule has 5 heteroatoms. The van der Waals surface area contributed by atoms with Crippen LogP contribution in [0.15, 0.2) is 0 Å². The smallest absolute Gasteiger partial charge is 0.313 e. The Morgan fingerprint density at radius 1 is 1.25 bits per heavy atom. The molecule has 0 aromatic rings. The molecule has 1 aliphatic carbocycles. The van der Waals surface area contributed by atoms with E-state index in [2.05, 4.69) is 0 Å². The van der Waals surface area contributed by atoms with Crippen LogP contribution in [0, 0.1) is 5.92 Å². The van der Waals surface area contributed by atoms with Crippen molar-refractivity contribution in [3.8, 4) is 0 Å². The third-order valence-corrected chi connectivity index (χ3v) is 4.26. The first-order valence-corrected chi connectivity index (χ1v) is 6.60. The standard InChI is InChI=1S/C11H19NO3S/c1-12(2)11(15)8-3-5-9(6-4-8)16-7-10(13)14/h8-9H,3-7H2,1-2H3,(H,13,14). The number of carbonyl (C=O) groups is 2. The van der Waals surface area contributed by atoms with Crippen molar-refractivity contribution in [3.05, 3.63) is 0 Å². The molecule has 1 fully saturated rings. The molecule has 1 N–H and O–H groups in total. The van der Waals surface area contributed by atoms with Gasteiger partial charge in [0.2, 0.25) is 5.91 Å². The van der Waals surface area contributed by atoms with E-state index in [0.717, 1.165) is 25.7 Å². The van der Waals surface area contributed by atoms with Crippen LogP contribution in [0.25, 0.3) is 0 Å². The highest BCUT2D eigenvalue weighted by Gasteiger charge is 2.27. The quantitative estimate of drug-likeness (QED) is 0.814. The second-order valence-corrected chi connectivity index (χ2v) is 5.70. The minimum absolute atomic E-state index is 0.150. The molecule has 1 amide bonds. The Labute approximate surface area is 100 Å². The molecule has 1 rings (SSSR count). The number of rotatable bonds is 4. The van der Waals surface area contributed by atoms with E-state index in [1.165, 1.54) is 11.8 Å². The molecule has 0 heterocycles. The Morgan fingerprint density at radius 3 is 2.25 bits per heavy atom. The zero-order valence-electron chi connectivity index (χ0n) is 9.81. The molecular weight excluding hydrogens is 226 g/mol. The molecule has 0 saturated heterocycles. The van der Waals surface area contributed by atoms with Gasteiger partial charge in [-0.15, -0.1) is 11.8 Å². The maximum atomic E-state index is 11.7. The normalized spacial score (nSPS) is 25.1. The van der Waals surface area contributed by atoms with Gasteiger partial charge in [0.1, 0.15) is 0 Å². The van der Waals surface area contributed by atoms with Crippen molar-refractivity contribution in [3.63, 3.8) is 0 Å². The SMILES string of the molecule is CN(C)C(=O)C1CCC(SCC(=O)O)CC1. The van der Waals surface area contributed by atoms with Crippen LogP contribution >= 0.6 is 11.8 Å². The van der Waals surface area contributed by atoms with Gasteiger partial charge in [0, 0.05) is 25.3 Å². The van der Waals surface area contributed by atoms with E-state index in [1.807, 2.05) is 0 Å². The molecule has 0 spiro atoms. The van der Waals surface area contributed by atoms with E-state index >= 15 is 0 Å². The number of hydrogen-bond donors (Lipinski definition) is 1. The van der Waals surface area contributed by atoms with Gasteiger partial charge in [-0.3, -0.25) is 9.59 Å². The summed E-state index contributed by atoms with van der Waals surface area (Å²) in [7, 11) is 3.57. The van der Waals surface area contributed by atoms with E-state index in [-0.39, 0.29) is 17.6 Å². The molecule has 0 aromatic heterocycles. The first-order chi connectivity index (χ1) is 7.50. The van der Waals surface area contributed by atoms with Crippen LogP contribution < -0.4 is 0 Å². The van der Waals surface area contributed by atoms with Gasteiger partial charge in [0.15, 0.2) is 0 Å². The van der Waals surface area contributed by atoms with E-state index in [9.17, 15) is 9.59 Å². The van der Waals surface area contributed by atoms with Crippen LogP contribution in [-0.4, -0.2) is 47.0 Å². The topological polar surface area (TPSA) is 57.6 Å². The van der Waals surface area contributed by atoms with Crippen LogP contribution in [0.3, 0.4) is 0 Å². The largest absolute Gasteiger partial charge is 0.481 e. The maximum absolute atomic E-state index is 11.7. The van der Waals surface area contributed by atoms with Gasteiger partial charge in [-0.05, 0) is 25.7 Å². The number of aliphatic carboxylic acids is 1. The molecular formula is C11H19NO3S. The number of amides is 1. The second-order valence-electron chi connectivity index (χ2n) is 4.41. The molecule has 0 atom stereocenters. The molecule has 0 radical (unpaired) electrons. The summed E-state index contributed by atoms with van der Waals surface area (Å²) in [5.41, 5.74) is 0.